The topological polar surface area (TPSA) is 16.1 Å². The molecule has 4 aromatic carbocycles. The number of hydrogen-bond acceptors (Lipinski definition) is 4. The summed E-state index contributed by atoms with van der Waals surface area (Å²) < 4.78 is 1.22. The van der Waals surface area contributed by atoms with Crippen molar-refractivity contribution < 1.29 is 0 Å². The summed E-state index contributed by atoms with van der Waals surface area (Å²) in [6, 6.07) is 30.1. The zero-order valence-corrected chi connectivity index (χ0v) is 18.0. The van der Waals surface area contributed by atoms with Gasteiger partial charge in [0, 0.05) is 23.4 Å². The summed E-state index contributed by atoms with van der Waals surface area (Å²) in [4.78, 5) is 8.52. The molecule has 1 aromatic heterocycles. The van der Waals surface area contributed by atoms with Gasteiger partial charge in [0.05, 0.1) is 20.9 Å². The average molecular weight is 423 g/mol. The summed E-state index contributed by atoms with van der Waals surface area (Å²) >= 11 is 3.56. The third-order valence-electron chi connectivity index (χ3n) is 5.50. The second kappa shape index (κ2) is 7.01. The van der Waals surface area contributed by atoms with Crippen molar-refractivity contribution in [2.24, 2.45) is 0 Å². The molecule has 6 rings (SSSR count). The van der Waals surface area contributed by atoms with Crippen molar-refractivity contribution in [2.45, 2.75) is 4.90 Å². The van der Waals surface area contributed by atoms with Crippen LogP contribution in [0, 0.1) is 0 Å². The van der Waals surface area contributed by atoms with E-state index < -0.39 is 0 Å². The number of rotatable bonds is 2. The number of fused-ring (bicyclic) bond motifs is 4. The van der Waals surface area contributed by atoms with Crippen LogP contribution in [0.3, 0.4) is 0 Å². The first-order valence-electron chi connectivity index (χ1n) is 9.87. The highest BCUT2D eigenvalue weighted by Gasteiger charge is 2.24. The quantitative estimate of drug-likeness (QED) is 0.290. The van der Waals surface area contributed by atoms with Crippen LogP contribution in [0.25, 0.3) is 38.2 Å². The second-order valence-corrected chi connectivity index (χ2v) is 9.50. The number of hydrogen-bond donors (Lipinski definition) is 0. The lowest BCUT2D eigenvalue weighted by atomic mass is 10.1. The zero-order valence-electron chi connectivity index (χ0n) is 16.4. The first-order valence-corrected chi connectivity index (χ1v) is 11.5. The Morgan fingerprint density at radius 1 is 0.833 bits per heavy atom. The molecule has 0 spiro atoms. The smallest absolute Gasteiger partial charge is 0.119 e. The Hall–Kier alpha value is -3.08. The fourth-order valence-corrected chi connectivity index (χ4v) is 6.07. The van der Waals surface area contributed by atoms with E-state index in [1.807, 2.05) is 17.8 Å². The van der Waals surface area contributed by atoms with Gasteiger partial charge in [-0.05, 0) is 34.7 Å². The molecule has 0 bridgehead atoms. The molecular formula is C26H18N2S2. The molecule has 5 aromatic rings. The Morgan fingerprint density at radius 3 is 2.57 bits per heavy atom. The lowest BCUT2D eigenvalue weighted by molar-refractivity contribution is 1.20. The highest BCUT2D eigenvalue weighted by molar-refractivity contribution is 8.04. The lowest BCUT2D eigenvalue weighted by Gasteiger charge is -2.15. The summed E-state index contributed by atoms with van der Waals surface area (Å²) in [5, 5.41) is 4.83. The molecule has 0 N–H and O–H groups in total. The van der Waals surface area contributed by atoms with E-state index in [1.165, 1.54) is 42.2 Å². The van der Waals surface area contributed by atoms with Crippen molar-refractivity contribution in [3.05, 3.63) is 95.0 Å². The van der Waals surface area contributed by atoms with Crippen LogP contribution in [0.1, 0.15) is 5.01 Å². The van der Waals surface area contributed by atoms with Gasteiger partial charge < -0.3 is 4.90 Å². The van der Waals surface area contributed by atoms with E-state index in [0.29, 0.717) is 0 Å². The second-order valence-electron chi connectivity index (χ2n) is 7.38. The van der Waals surface area contributed by atoms with Gasteiger partial charge in [0.15, 0.2) is 0 Å². The number of thiazole rings is 1. The van der Waals surface area contributed by atoms with Gasteiger partial charge in [0.2, 0.25) is 0 Å². The minimum Gasteiger partial charge on any atom is -0.338 e. The standard InChI is InChI=1S/C26H18N2S2/c1-28-25(30-23-14-11-18-9-5-6-10-20(18)26(23)28)16-24-27-21-15-19(12-13-22(21)29-24)17-7-3-2-4-8-17/h2-16H,1H3. The van der Waals surface area contributed by atoms with Gasteiger partial charge in [0.1, 0.15) is 5.01 Å². The van der Waals surface area contributed by atoms with Crippen LogP contribution in [0.2, 0.25) is 0 Å². The molecule has 0 fully saturated rings. The average Bonchev–Trinajstić information content (AvgIpc) is 3.34. The number of anilines is 1. The molecule has 0 saturated carbocycles. The van der Waals surface area contributed by atoms with Crippen molar-refractivity contribution in [1.82, 2.24) is 4.98 Å². The molecule has 2 heterocycles. The largest absolute Gasteiger partial charge is 0.338 e. The SMILES string of the molecule is CN1C(=Cc2nc3cc(-c4ccccc4)ccc3s2)Sc2ccc3ccccc3c21. The third-order valence-corrected chi connectivity index (χ3v) is 7.64. The predicted octanol–water partition coefficient (Wildman–Crippen LogP) is 7.66. The molecule has 30 heavy (non-hydrogen) atoms. The maximum absolute atomic E-state index is 4.92. The molecule has 0 radical (unpaired) electrons. The van der Waals surface area contributed by atoms with Crippen molar-refractivity contribution in [3.63, 3.8) is 0 Å². The van der Waals surface area contributed by atoms with E-state index in [9.17, 15) is 0 Å². The van der Waals surface area contributed by atoms with Crippen LogP contribution in [0.15, 0.2) is 94.9 Å². The molecule has 0 unspecified atom stereocenters. The summed E-state index contributed by atoms with van der Waals surface area (Å²) in [5.74, 6) is 0. The van der Waals surface area contributed by atoms with Crippen LogP contribution >= 0.6 is 23.1 Å². The van der Waals surface area contributed by atoms with Crippen LogP contribution < -0.4 is 4.90 Å². The first kappa shape index (κ1) is 17.8. The maximum atomic E-state index is 4.92. The summed E-state index contributed by atoms with van der Waals surface area (Å²) in [7, 11) is 2.15. The fourth-order valence-electron chi connectivity index (χ4n) is 4.00. The molecule has 0 saturated heterocycles. The first-order chi connectivity index (χ1) is 14.8. The normalized spacial score (nSPS) is 14.7. The van der Waals surface area contributed by atoms with Crippen LogP contribution in [-0.2, 0) is 0 Å². The molecule has 1 aliphatic rings. The van der Waals surface area contributed by atoms with Gasteiger partial charge in [-0.1, -0.05) is 78.5 Å². The molecule has 4 heteroatoms. The minimum atomic E-state index is 1.04. The van der Waals surface area contributed by atoms with E-state index in [-0.39, 0.29) is 0 Å². The summed E-state index contributed by atoms with van der Waals surface area (Å²) in [6.45, 7) is 0. The Morgan fingerprint density at radius 2 is 1.67 bits per heavy atom. The van der Waals surface area contributed by atoms with E-state index in [0.717, 1.165) is 10.5 Å². The van der Waals surface area contributed by atoms with Crippen molar-refractivity contribution >= 4 is 55.9 Å². The zero-order chi connectivity index (χ0) is 20.1. The molecule has 0 aliphatic carbocycles. The lowest BCUT2D eigenvalue weighted by Crippen LogP contribution is -2.09. The molecular weight excluding hydrogens is 404 g/mol. The number of benzene rings is 4. The number of aromatic nitrogens is 1. The molecule has 0 atom stereocenters. The van der Waals surface area contributed by atoms with Crippen LogP contribution in [-0.4, -0.2) is 12.0 Å². The van der Waals surface area contributed by atoms with Crippen molar-refractivity contribution in [2.75, 3.05) is 11.9 Å². The highest BCUT2D eigenvalue weighted by atomic mass is 32.2. The van der Waals surface area contributed by atoms with E-state index >= 15 is 0 Å². The molecule has 144 valence electrons. The van der Waals surface area contributed by atoms with Crippen LogP contribution in [0.5, 0.6) is 0 Å². The monoisotopic (exact) mass is 422 g/mol. The Labute approximate surface area is 183 Å². The molecule has 1 aliphatic heterocycles. The van der Waals surface area contributed by atoms with E-state index in [1.54, 1.807) is 11.3 Å². The highest BCUT2D eigenvalue weighted by Crippen LogP contribution is 2.49. The van der Waals surface area contributed by atoms with Crippen molar-refractivity contribution in [1.29, 1.82) is 0 Å². The van der Waals surface area contributed by atoms with Gasteiger partial charge >= 0.3 is 0 Å². The number of nitrogens with zero attached hydrogens (tertiary/aromatic N) is 2. The summed E-state index contributed by atoms with van der Waals surface area (Å²) in [5.41, 5.74) is 4.78. The van der Waals surface area contributed by atoms with E-state index in [2.05, 4.69) is 96.9 Å². The predicted molar refractivity (Wildman–Crippen MR) is 131 cm³/mol. The van der Waals surface area contributed by atoms with Gasteiger partial charge in [0.25, 0.3) is 0 Å². The Balaban J connectivity index is 1.39. The molecule has 0 amide bonds. The van der Waals surface area contributed by atoms with Gasteiger partial charge in [-0.3, -0.25) is 0 Å². The maximum Gasteiger partial charge on any atom is 0.119 e. The third kappa shape index (κ3) is 2.92. The molecule has 2 nitrogen and oxygen atoms in total. The van der Waals surface area contributed by atoms with Crippen LogP contribution in [0.4, 0.5) is 5.69 Å². The van der Waals surface area contributed by atoms with Gasteiger partial charge in [-0.25, -0.2) is 4.98 Å². The minimum absolute atomic E-state index is 1.04. The summed E-state index contributed by atoms with van der Waals surface area (Å²) in [6.07, 6.45) is 2.21. The fraction of sp³-hybridized carbons (Fsp3) is 0.0385. The number of thioether (sulfide) groups is 1. The van der Waals surface area contributed by atoms with Crippen molar-refractivity contribution in [3.8, 4) is 11.1 Å². The van der Waals surface area contributed by atoms with E-state index in [4.69, 9.17) is 4.98 Å². The van der Waals surface area contributed by atoms with Gasteiger partial charge in [-0.2, -0.15) is 0 Å². The Bertz CT molecular complexity index is 1430. The van der Waals surface area contributed by atoms with Gasteiger partial charge in [-0.15, -0.1) is 11.3 Å². The Kier molecular flexibility index (Phi) is 4.15.